The van der Waals surface area contributed by atoms with Crippen LogP contribution in [0.4, 0.5) is 0 Å². The van der Waals surface area contributed by atoms with Crippen LogP contribution in [0.15, 0.2) is 24.3 Å². The first kappa shape index (κ1) is 13.0. The summed E-state index contributed by atoms with van der Waals surface area (Å²) >= 11 is 0. The lowest BCUT2D eigenvalue weighted by Crippen LogP contribution is -2.06. The van der Waals surface area contributed by atoms with Crippen molar-refractivity contribution in [2.45, 2.75) is 33.1 Å². The van der Waals surface area contributed by atoms with Gasteiger partial charge in [-0.3, -0.25) is 0 Å². The van der Waals surface area contributed by atoms with Gasteiger partial charge in [0.15, 0.2) is 0 Å². The lowest BCUT2D eigenvalue weighted by Gasteiger charge is -2.09. The van der Waals surface area contributed by atoms with E-state index in [9.17, 15) is 0 Å². The van der Waals surface area contributed by atoms with Gasteiger partial charge in [0.25, 0.3) is 0 Å². The summed E-state index contributed by atoms with van der Waals surface area (Å²) in [6.07, 6.45) is 3.24. The molecule has 90 valence electrons. The number of phenolic OH excluding ortho intramolecular Hbond substituents is 1. The minimum Gasteiger partial charge on any atom is -0.508 e. The smallest absolute Gasteiger partial charge is 0.115 e. The van der Waals surface area contributed by atoms with Crippen LogP contribution in [-0.4, -0.2) is 18.3 Å². The average Bonchev–Trinajstić information content (AvgIpc) is 2.31. The van der Waals surface area contributed by atoms with Crippen LogP contribution >= 0.6 is 0 Å². The fraction of sp³-hybridized carbons (Fsp3) is 0.571. The van der Waals surface area contributed by atoms with E-state index < -0.39 is 0 Å². The molecule has 2 heteroatoms. The van der Waals surface area contributed by atoms with Gasteiger partial charge in [-0.05, 0) is 36.5 Å². The van der Waals surface area contributed by atoms with Gasteiger partial charge in [0.05, 0.1) is 0 Å². The van der Waals surface area contributed by atoms with Crippen molar-refractivity contribution < 1.29 is 9.84 Å². The molecule has 0 fully saturated rings. The molecule has 1 aromatic carbocycles. The van der Waals surface area contributed by atoms with Gasteiger partial charge in [0.1, 0.15) is 5.75 Å². The Hall–Kier alpha value is -1.02. The van der Waals surface area contributed by atoms with E-state index in [1.54, 1.807) is 12.1 Å². The Kier molecular flexibility index (Phi) is 5.94. The third kappa shape index (κ3) is 5.17. The second-order valence-corrected chi connectivity index (χ2v) is 4.36. The van der Waals surface area contributed by atoms with Crippen molar-refractivity contribution in [3.8, 4) is 5.75 Å². The van der Waals surface area contributed by atoms with E-state index in [0.29, 0.717) is 11.7 Å². The molecule has 2 nitrogen and oxygen atoms in total. The second kappa shape index (κ2) is 7.29. The highest BCUT2D eigenvalue weighted by molar-refractivity contribution is 5.25. The predicted octanol–water partition coefficient (Wildman–Crippen LogP) is 3.39. The van der Waals surface area contributed by atoms with E-state index in [1.807, 2.05) is 12.1 Å². The molecule has 0 bridgehead atoms. The molecule has 0 spiro atoms. The molecule has 0 aliphatic rings. The van der Waals surface area contributed by atoms with Crippen LogP contribution in [0.1, 0.15) is 32.3 Å². The van der Waals surface area contributed by atoms with Crippen LogP contribution in [0, 0.1) is 5.92 Å². The zero-order valence-corrected chi connectivity index (χ0v) is 10.3. The van der Waals surface area contributed by atoms with E-state index in [0.717, 1.165) is 26.1 Å². The maximum absolute atomic E-state index is 9.13. The highest BCUT2D eigenvalue weighted by Crippen LogP contribution is 2.11. The minimum absolute atomic E-state index is 0.330. The summed E-state index contributed by atoms with van der Waals surface area (Å²) in [6, 6.07) is 7.39. The normalized spacial score (nSPS) is 12.6. The lowest BCUT2D eigenvalue weighted by molar-refractivity contribution is 0.102. The molecule has 0 unspecified atom stereocenters. The van der Waals surface area contributed by atoms with Gasteiger partial charge in [-0.15, -0.1) is 0 Å². The molecule has 0 aromatic heterocycles. The van der Waals surface area contributed by atoms with Gasteiger partial charge in [-0.2, -0.15) is 0 Å². The predicted molar refractivity (Wildman–Crippen MR) is 66.7 cm³/mol. The van der Waals surface area contributed by atoms with Crippen molar-refractivity contribution in [2.24, 2.45) is 5.92 Å². The quantitative estimate of drug-likeness (QED) is 0.717. The van der Waals surface area contributed by atoms with Crippen molar-refractivity contribution in [1.29, 1.82) is 0 Å². The number of hydrogen-bond acceptors (Lipinski definition) is 2. The van der Waals surface area contributed by atoms with Gasteiger partial charge >= 0.3 is 0 Å². The van der Waals surface area contributed by atoms with Gasteiger partial charge in [-0.25, -0.2) is 0 Å². The summed E-state index contributed by atoms with van der Waals surface area (Å²) in [6.45, 7) is 6.09. The highest BCUT2D eigenvalue weighted by Gasteiger charge is 1.98. The van der Waals surface area contributed by atoms with Crippen molar-refractivity contribution in [1.82, 2.24) is 0 Å². The number of benzene rings is 1. The van der Waals surface area contributed by atoms with Crippen LogP contribution in [0.25, 0.3) is 0 Å². The number of hydrogen-bond donors (Lipinski definition) is 1. The Bertz CT molecular complexity index is 279. The van der Waals surface area contributed by atoms with Crippen molar-refractivity contribution in [3.05, 3.63) is 29.8 Å². The molecule has 1 rings (SSSR count). The largest absolute Gasteiger partial charge is 0.508 e. The van der Waals surface area contributed by atoms with Crippen LogP contribution in [-0.2, 0) is 11.2 Å². The molecule has 0 aliphatic carbocycles. The zero-order chi connectivity index (χ0) is 11.8. The fourth-order valence-corrected chi connectivity index (χ4v) is 1.44. The van der Waals surface area contributed by atoms with Gasteiger partial charge in [0.2, 0.25) is 0 Å². The molecule has 0 saturated heterocycles. The first-order valence-corrected chi connectivity index (χ1v) is 6.08. The molecule has 0 aliphatic heterocycles. The van der Waals surface area contributed by atoms with Crippen molar-refractivity contribution >= 4 is 0 Å². The van der Waals surface area contributed by atoms with Crippen molar-refractivity contribution in [3.63, 3.8) is 0 Å². The third-order valence-electron chi connectivity index (χ3n) is 2.79. The molecule has 0 amide bonds. The molecule has 1 N–H and O–H groups in total. The summed E-state index contributed by atoms with van der Waals surface area (Å²) in [5.74, 6) is 0.991. The maximum atomic E-state index is 9.13. The number of ether oxygens (including phenoxy) is 1. The Labute approximate surface area is 98.3 Å². The Morgan fingerprint density at radius 2 is 1.94 bits per heavy atom. The summed E-state index contributed by atoms with van der Waals surface area (Å²) in [7, 11) is 0. The standard InChI is InChI=1S/C14H22O2/c1-3-12(2)11-16-10-4-5-13-6-8-14(15)9-7-13/h6-9,12,15H,3-5,10-11H2,1-2H3/t12-/m0/s1. The van der Waals surface area contributed by atoms with E-state index >= 15 is 0 Å². The number of rotatable bonds is 7. The van der Waals surface area contributed by atoms with Gasteiger partial charge in [0, 0.05) is 13.2 Å². The molecular weight excluding hydrogens is 200 g/mol. The Balaban J connectivity index is 2.09. The lowest BCUT2D eigenvalue weighted by atomic mass is 10.1. The van der Waals surface area contributed by atoms with Gasteiger partial charge < -0.3 is 9.84 Å². The van der Waals surface area contributed by atoms with E-state index in [4.69, 9.17) is 9.84 Å². The maximum Gasteiger partial charge on any atom is 0.115 e. The summed E-state index contributed by atoms with van der Waals surface area (Å²) in [5, 5.41) is 9.13. The Morgan fingerprint density at radius 1 is 1.25 bits per heavy atom. The van der Waals surface area contributed by atoms with E-state index in [1.165, 1.54) is 12.0 Å². The highest BCUT2D eigenvalue weighted by atomic mass is 16.5. The molecule has 16 heavy (non-hydrogen) atoms. The topological polar surface area (TPSA) is 29.5 Å². The number of aryl methyl sites for hydroxylation is 1. The molecule has 0 radical (unpaired) electrons. The van der Waals surface area contributed by atoms with Crippen LogP contribution in [0.5, 0.6) is 5.75 Å². The molecule has 0 saturated carbocycles. The number of phenols is 1. The van der Waals surface area contributed by atoms with Crippen LogP contribution in [0.2, 0.25) is 0 Å². The zero-order valence-electron chi connectivity index (χ0n) is 10.3. The average molecular weight is 222 g/mol. The summed E-state index contributed by atoms with van der Waals surface area (Å²) in [4.78, 5) is 0. The fourth-order valence-electron chi connectivity index (χ4n) is 1.44. The Morgan fingerprint density at radius 3 is 2.56 bits per heavy atom. The molecule has 0 heterocycles. The monoisotopic (exact) mass is 222 g/mol. The molecule has 1 aromatic rings. The second-order valence-electron chi connectivity index (χ2n) is 4.36. The first-order valence-electron chi connectivity index (χ1n) is 6.08. The van der Waals surface area contributed by atoms with Crippen LogP contribution in [0.3, 0.4) is 0 Å². The third-order valence-corrected chi connectivity index (χ3v) is 2.79. The number of aromatic hydroxyl groups is 1. The van der Waals surface area contributed by atoms with E-state index in [2.05, 4.69) is 13.8 Å². The minimum atomic E-state index is 0.330. The van der Waals surface area contributed by atoms with E-state index in [-0.39, 0.29) is 0 Å². The molecular formula is C14H22O2. The van der Waals surface area contributed by atoms with Crippen LogP contribution < -0.4 is 0 Å². The SMILES string of the molecule is CC[C@H](C)COCCCc1ccc(O)cc1. The molecule has 1 atom stereocenters. The first-order chi connectivity index (χ1) is 7.72. The summed E-state index contributed by atoms with van der Waals surface area (Å²) in [5.41, 5.74) is 1.25. The van der Waals surface area contributed by atoms with Gasteiger partial charge in [-0.1, -0.05) is 32.4 Å². The van der Waals surface area contributed by atoms with Crippen molar-refractivity contribution in [2.75, 3.05) is 13.2 Å². The summed E-state index contributed by atoms with van der Waals surface area (Å²) < 4.78 is 5.58.